The molecule has 0 aliphatic heterocycles. The molecule has 1 aromatic carbocycles. The molecule has 0 spiro atoms. The normalized spacial score (nSPS) is 12.3. The molecule has 0 fully saturated rings. The Bertz CT molecular complexity index is 1040. The van der Waals surface area contributed by atoms with Gasteiger partial charge in [0.1, 0.15) is 0 Å². The summed E-state index contributed by atoms with van der Waals surface area (Å²) in [5.74, 6) is 0.683. The van der Waals surface area contributed by atoms with E-state index in [1.165, 1.54) is 0 Å². The zero-order chi connectivity index (χ0) is 20.3. The maximum absolute atomic E-state index is 12.8. The molecule has 2 heterocycles. The molecule has 0 saturated carbocycles. The van der Waals surface area contributed by atoms with Crippen molar-refractivity contribution in [3.8, 4) is 11.3 Å². The third-order valence-corrected chi connectivity index (χ3v) is 4.88. The van der Waals surface area contributed by atoms with Gasteiger partial charge >= 0.3 is 0 Å². The molecule has 3 aromatic rings. The lowest BCUT2D eigenvalue weighted by molar-refractivity contribution is 0.546. The summed E-state index contributed by atoms with van der Waals surface area (Å²) in [5, 5.41) is 0.682. The van der Waals surface area contributed by atoms with E-state index in [4.69, 9.17) is 16.6 Å². The minimum absolute atomic E-state index is 0.0420. The monoisotopic (exact) mass is 397 g/mol. The number of benzene rings is 1. The smallest absolute Gasteiger partial charge is 0.259 e. The fraction of sp³-hybridized carbons (Fsp3) is 0.391. The van der Waals surface area contributed by atoms with Crippen molar-refractivity contribution in [2.24, 2.45) is 5.41 Å². The zero-order valence-corrected chi connectivity index (χ0v) is 17.8. The summed E-state index contributed by atoms with van der Waals surface area (Å²) in [5.41, 5.74) is 2.59. The highest BCUT2D eigenvalue weighted by molar-refractivity contribution is 6.30. The third kappa shape index (κ3) is 4.74. The molecular weight excluding hydrogens is 370 g/mol. The Balaban J connectivity index is 2.15. The second kappa shape index (κ2) is 8.36. The molecule has 0 aliphatic carbocycles. The van der Waals surface area contributed by atoms with E-state index >= 15 is 0 Å². The number of imidazole rings is 1. The van der Waals surface area contributed by atoms with Crippen LogP contribution in [0.2, 0.25) is 5.02 Å². The molecule has 4 nitrogen and oxygen atoms in total. The molecule has 0 amide bonds. The summed E-state index contributed by atoms with van der Waals surface area (Å²) in [7, 11) is 0. The predicted octanol–water partition coefficient (Wildman–Crippen LogP) is 6.07. The molecule has 28 heavy (non-hydrogen) atoms. The maximum atomic E-state index is 12.8. The topological polar surface area (TPSA) is 39.3 Å². The maximum Gasteiger partial charge on any atom is 0.259 e. The van der Waals surface area contributed by atoms with Crippen molar-refractivity contribution in [1.82, 2.24) is 14.0 Å². The molecule has 148 valence electrons. The summed E-state index contributed by atoms with van der Waals surface area (Å²) >= 11 is 6.00. The third-order valence-electron chi connectivity index (χ3n) is 4.63. The van der Waals surface area contributed by atoms with E-state index in [1.807, 2.05) is 36.5 Å². The van der Waals surface area contributed by atoms with Crippen LogP contribution in [-0.2, 0) is 6.54 Å². The van der Waals surface area contributed by atoms with Gasteiger partial charge in [0.05, 0.1) is 5.69 Å². The Kier molecular flexibility index (Phi) is 6.09. The molecule has 3 rings (SSSR count). The van der Waals surface area contributed by atoms with E-state index in [0.29, 0.717) is 10.8 Å². The number of nitrogens with zero attached hydrogens (tertiary/aromatic N) is 3. The Morgan fingerprint density at radius 3 is 2.50 bits per heavy atom. The van der Waals surface area contributed by atoms with Gasteiger partial charge in [0, 0.05) is 35.1 Å². The number of halogens is 1. The number of allylic oxidation sites excluding steroid dienone is 1. The van der Waals surface area contributed by atoms with Crippen molar-refractivity contribution in [3.63, 3.8) is 0 Å². The van der Waals surface area contributed by atoms with E-state index in [1.54, 1.807) is 10.5 Å². The number of unbranched alkanes of at least 4 members (excludes halogenated alkanes) is 2. The SMILES string of the molecule is CCCCCn1c(/C=C/C(C)(C)C)cc(=O)n2cc(-c3ccc(Cl)cc3)nc12. The number of aromatic nitrogens is 3. The molecule has 0 radical (unpaired) electrons. The summed E-state index contributed by atoms with van der Waals surface area (Å²) in [6.07, 6.45) is 9.34. The minimum atomic E-state index is -0.0667. The van der Waals surface area contributed by atoms with Gasteiger partial charge in [-0.15, -0.1) is 0 Å². The van der Waals surface area contributed by atoms with Crippen LogP contribution in [0.3, 0.4) is 0 Å². The van der Waals surface area contributed by atoms with Gasteiger partial charge in [-0.05, 0) is 30.0 Å². The van der Waals surface area contributed by atoms with Crippen molar-refractivity contribution < 1.29 is 0 Å². The number of hydrogen-bond donors (Lipinski definition) is 0. The summed E-state index contributed by atoms with van der Waals surface area (Å²) in [6, 6.07) is 9.24. The lowest BCUT2D eigenvalue weighted by atomic mass is 9.96. The van der Waals surface area contributed by atoms with E-state index in [2.05, 4.69) is 38.3 Å². The molecule has 0 atom stereocenters. The quantitative estimate of drug-likeness (QED) is 0.474. The highest BCUT2D eigenvalue weighted by Crippen LogP contribution is 2.22. The largest absolute Gasteiger partial charge is 0.311 e. The average Bonchev–Trinajstić information content (AvgIpc) is 3.08. The minimum Gasteiger partial charge on any atom is -0.311 e. The zero-order valence-electron chi connectivity index (χ0n) is 17.1. The van der Waals surface area contributed by atoms with Crippen LogP contribution in [-0.4, -0.2) is 14.0 Å². The molecule has 0 saturated heterocycles. The molecule has 0 unspecified atom stereocenters. The Labute approximate surface area is 171 Å². The molecular formula is C23H28ClN3O. The first kappa shape index (κ1) is 20.4. The van der Waals surface area contributed by atoms with E-state index in [-0.39, 0.29) is 11.0 Å². The Morgan fingerprint density at radius 1 is 1.14 bits per heavy atom. The number of fused-ring (bicyclic) bond motifs is 1. The highest BCUT2D eigenvalue weighted by atomic mass is 35.5. The summed E-state index contributed by atoms with van der Waals surface area (Å²) in [6.45, 7) is 9.47. The average molecular weight is 398 g/mol. The second-order valence-electron chi connectivity index (χ2n) is 8.27. The fourth-order valence-electron chi connectivity index (χ4n) is 3.09. The highest BCUT2D eigenvalue weighted by Gasteiger charge is 2.13. The molecule has 0 aliphatic rings. The van der Waals surface area contributed by atoms with Gasteiger partial charge in [0.25, 0.3) is 5.56 Å². The number of aryl methyl sites for hydroxylation is 1. The fourth-order valence-corrected chi connectivity index (χ4v) is 3.22. The standard InChI is InChI=1S/C23H28ClN3O/c1-5-6-7-14-26-19(12-13-23(2,3)4)15-21(28)27-16-20(25-22(26)27)17-8-10-18(24)11-9-17/h8-13,15-16H,5-7,14H2,1-4H3/b13-12+. The van der Waals surface area contributed by atoms with Crippen LogP contribution in [0.1, 0.15) is 52.7 Å². The van der Waals surface area contributed by atoms with Crippen LogP contribution in [0, 0.1) is 5.41 Å². The van der Waals surface area contributed by atoms with Gasteiger partial charge < -0.3 is 4.57 Å². The number of rotatable bonds is 6. The van der Waals surface area contributed by atoms with Crippen molar-refractivity contribution in [2.75, 3.05) is 0 Å². The van der Waals surface area contributed by atoms with Crippen molar-refractivity contribution in [2.45, 2.75) is 53.5 Å². The Hall–Kier alpha value is -2.33. The first-order valence-electron chi connectivity index (χ1n) is 9.86. The first-order chi connectivity index (χ1) is 13.3. The van der Waals surface area contributed by atoms with E-state index in [0.717, 1.165) is 42.8 Å². The molecule has 2 aromatic heterocycles. The van der Waals surface area contributed by atoms with Crippen LogP contribution in [0.4, 0.5) is 0 Å². The summed E-state index contributed by atoms with van der Waals surface area (Å²) < 4.78 is 3.79. The van der Waals surface area contributed by atoms with Crippen molar-refractivity contribution in [1.29, 1.82) is 0 Å². The Morgan fingerprint density at radius 2 is 1.86 bits per heavy atom. The summed E-state index contributed by atoms with van der Waals surface area (Å²) in [4.78, 5) is 17.6. The van der Waals surface area contributed by atoms with Crippen LogP contribution >= 0.6 is 11.6 Å². The van der Waals surface area contributed by atoms with Gasteiger partial charge in [0.15, 0.2) is 0 Å². The van der Waals surface area contributed by atoms with Crippen LogP contribution in [0.25, 0.3) is 23.1 Å². The second-order valence-corrected chi connectivity index (χ2v) is 8.71. The molecule has 0 bridgehead atoms. The van der Waals surface area contributed by atoms with Crippen LogP contribution < -0.4 is 5.56 Å². The lowest BCUT2D eigenvalue weighted by Gasteiger charge is -2.15. The van der Waals surface area contributed by atoms with Gasteiger partial charge in [-0.25, -0.2) is 4.98 Å². The van der Waals surface area contributed by atoms with Crippen molar-refractivity contribution in [3.05, 3.63) is 63.7 Å². The number of hydrogen-bond acceptors (Lipinski definition) is 2. The van der Waals surface area contributed by atoms with Gasteiger partial charge in [-0.3, -0.25) is 9.20 Å². The predicted molar refractivity (Wildman–Crippen MR) is 118 cm³/mol. The van der Waals surface area contributed by atoms with Crippen LogP contribution in [0.15, 0.2) is 47.4 Å². The van der Waals surface area contributed by atoms with E-state index < -0.39 is 0 Å². The molecule has 5 heteroatoms. The van der Waals surface area contributed by atoms with Gasteiger partial charge in [-0.2, -0.15) is 0 Å². The lowest BCUT2D eigenvalue weighted by Crippen LogP contribution is -2.19. The van der Waals surface area contributed by atoms with Gasteiger partial charge in [0.2, 0.25) is 5.78 Å². The van der Waals surface area contributed by atoms with E-state index in [9.17, 15) is 4.79 Å². The molecule has 0 N–H and O–H groups in total. The first-order valence-corrected chi connectivity index (χ1v) is 10.2. The van der Waals surface area contributed by atoms with Crippen molar-refractivity contribution >= 4 is 23.5 Å². The van der Waals surface area contributed by atoms with Gasteiger partial charge in [-0.1, -0.05) is 70.3 Å². The van der Waals surface area contributed by atoms with Crippen LogP contribution in [0.5, 0.6) is 0 Å².